The van der Waals surface area contributed by atoms with Crippen molar-refractivity contribution < 1.29 is 9.18 Å². The Hall–Kier alpha value is -3.33. The van der Waals surface area contributed by atoms with Crippen LogP contribution in [0.5, 0.6) is 0 Å². The van der Waals surface area contributed by atoms with Crippen LogP contribution in [0.1, 0.15) is 35.7 Å². The Morgan fingerprint density at radius 1 is 1.27 bits per heavy atom. The van der Waals surface area contributed by atoms with E-state index in [1.165, 1.54) is 23.2 Å². The Morgan fingerprint density at radius 3 is 2.73 bits per heavy atom. The number of nitrogen functional groups attached to an aromatic ring is 2. The number of hydrogen-bond donors (Lipinski definition) is 3. The lowest BCUT2D eigenvalue weighted by atomic mass is 10.0. The zero-order valence-electron chi connectivity index (χ0n) is 18.6. The number of nitrogens with one attached hydrogen (secondary N) is 1. The summed E-state index contributed by atoms with van der Waals surface area (Å²) < 4.78 is 17.1. The van der Waals surface area contributed by atoms with Crippen LogP contribution < -0.4 is 16.8 Å². The predicted molar refractivity (Wildman–Crippen MR) is 129 cm³/mol. The van der Waals surface area contributed by atoms with Gasteiger partial charge in [0.2, 0.25) is 0 Å². The molecule has 0 saturated heterocycles. The number of nitrogens with zero attached hydrogens (tertiary/aromatic N) is 4. The first-order valence-electron chi connectivity index (χ1n) is 10.7. The van der Waals surface area contributed by atoms with Gasteiger partial charge in [-0.2, -0.15) is 5.10 Å². The van der Waals surface area contributed by atoms with Crippen molar-refractivity contribution in [2.45, 2.75) is 25.3 Å². The van der Waals surface area contributed by atoms with Crippen molar-refractivity contribution >= 4 is 34.8 Å². The van der Waals surface area contributed by atoms with Crippen LogP contribution in [-0.4, -0.2) is 46.2 Å². The molecule has 1 saturated carbocycles. The number of anilines is 3. The number of carbonyl (C=O) groups is 1. The van der Waals surface area contributed by atoms with E-state index in [1.807, 2.05) is 10.7 Å². The Kier molecular flexibility index (Phi) is 6.42. The fourth-order valence-electron chi connectivity index (χ4n) is 4.30. The minimum Gasteiger partial charge on any atom is -0.398 e. The number of halogens is 2. The molecule has 1 fully saturated rings. The highest BCUT2D eigenvalue weighted by atomic mass is 35.5. The molecule has 0 bridgehead atoms. The second-order valence-corrected chi connectivity index (χ2v) is 8.96. The van der Waals surface area contributed by atoms with E-state index >= 15 is 4.39 Å². The Balaban J connectivity index is 1.47. The Bertz CT molecular complexity index is 1180. The van der Waals surface area contributed by atoms with E-state index < -0.39 is 11.7 Å². The maximum absolute atomic E-state index is 15.2. The van der Waals surface area contributed by atoms with Gasteiger partial charge in [0.1, 0.15) is 17.5 Å². The summed E-state index contributed by atoms with van der Waals surface area (Å²) in [7, 11) is 3.08. The summed E-state index contributed by atoms with van der Waals surface area (Å²) in [6.45, 7) is 0.734. The van der Waals surface area contributed by atoms with Gasteiger partial charge in [-0.1, -0.05) is 11.6 Å². The van der Waals surface area contributed by atoms with Gasteiger partial charge in [0.25, 0.3) is 5.91 Å². The fourth-order valence-corrected chi connectivity index (χ4v) is 4.55. The molecule has 2 heterocycles. The van der Waals surface area contributed by atoms with E-state index in [2.05, 4.69) is 15.4 Å². The number of aromatic nitrogens is 3. The number of benzene rings is 1. The van der Waals surface area contributed by atoms with Crippen LogP contribution >= 0.6 is 11.6 Å². The Morgan fingerprint density at radius 2 is 2.06 bits per heavy atom. The summed E-state index contributed by atoms with van der Waals surface area (Å²) in [5, 5.41) is 7.97. The summed E-state index contributed by atoms with van der Waals surface area (Å²) in [5.74, 6) is 0.510. The second kappa shape index (κ2) is 9.27. The van der Waals surface area contributed by atoms with Crippen molar-refractivity contribution in [1.82, 2.24) is 19.7 Å². The number of amides is 1. The van der Waals surface area contributed by atoms with Crippen LogP contribution in [0.4, 0.5) is 21.7 Å². The Labute approximate surface area is 196 Å². The first-order valence-corrected chi connectivity index (χ1v) is 11.1. The predicted octanol–water partition coefficient (Wildman–Crippen LogP) is 4.06. The van der Waals surface area contributed by atoms with E-state index in [9.17, 15) is 4.79 Å². The smallest absolute Gasteiger partial charge is 0.258 e. The number of rotatable bonds is 6. The quantitative estimate of drug-likeness (QED) is 0.467. The van der Waals surface area contributed by atoms with Crippen LogP contribution in [0, 0.1) is 11.7 Å². The van der Waals surface area contributed by atoms with Gasteiger partial charge in [0, 0.05) is 43.7 Å². The van der Waals surface area contributed by atoms with E-state index in [0.29, 0.717) is 34.2 Å². The van der Waals surface area contributed by atoms with Gasteiger partial charge in [-0.15, -0.1) is 0 Å². The minimum atomic E-state index is -0.715. The van der Waals surface area contributed by atoms with Crippen LogP contribution in [0.2, 0.25) is 5.02 Å². The van der Waals surface area contributed by atoms with Crippen molar-refractivity contribution in [2.75, 3.05) is 37.4 Å². The van der Waals surface area contributed by atoms with E-state index in [1.54, 1.807) is 26.4 Å². The van der Waals surface area contributed by atoms with Crippen molar-refractivity contribution in [1.29, 1.82) is 0 Å². The van der Waals surface area contributed by atoms with Gasteiger partial charge in [0.05, 0.1) is 22.8 Å². The van der Waals surface area contributed by atoms with Gasteiger partial charge < -0.3 is 21.7 Å². The molecule has 10 heteroatoms. The third kappa shape index (κ3) is 4.59. The van der Waals surface area contributed by atoms with Crippen LogP contribution in [0.25, 0.3) is 11.1 Å². The lowest BCUT2D eigenvalue weighted by molar-refractivity contribution is 0.0824. The standard InChI is InChI=1S/C23H27ClFN7O/c1-31(2)23(33)21-18(26)6-5-15(22(21)25)16-12-29-20(10-17(16)24)28-11-13-3-4-14(9-13)32-19(27)7-8-30-32/h5-8,10,12-14H,3-4,9,11,26-27H2,1-2H3,(H,28,29). The normalized spacial score (nSPS) is 17.8. The van der Waals surface area contributed by atoms with Crippen molar-refractivity contribution in [3.05, 3.63) is 53.1 Å². The average Bonchev–Trinajstić information content (AvgIpc) is 3.41. The molecule has 33 heavy (non-hydrogen) atoms. The number of nitrogens with two attached hydrogens (primary N) is 2. The van der Waals surface area contributed by atoms with Crippen molar-refractivity contribution in [3.63, 3.8) is 0 Å². The molecule has 0 aliphatic heterocycles. The molecule has 5 N–H and O–H groups in total. The summed E-state index contributed by atoms with van der Waals surface area (Å²) in [4.78, 5) is 18.1. The monoisotopic (exact) mass is 471 g/mol. The average molecular weight is 472 g/mol. The molecule has 4 rings (SSSR count). The first-order chi connectivity index (χ1) is 15.8. The molecule has 1 aliphatic carbocycles. The third-order valence-corrected chi connectivity index (χ3v) is 6.38. The topological polar surface area (TPSA) is 115 Å². The zero-order valence-corrected chi connectivity index (χ0v) is 19.3. The maximum atomic E-state index is 15.2. The molecule has 1 aliphatic rings. The molecule has 174 valence electrons. The minimum absolute atomic E-state index is 0.0732. The molecule has 1 aromatic carbocycles. The van der Waals surface area contributed by atoms with Gasteiger partial charge in [-0.3, -0.25) is 4.79 Å². The molecule has 8 nitrogen and oxygen atoms in total. The van der Waals surface area contributed by atoms with Gasteiger partial charge in [-0.05, 0) is 49.4 Å². The molecule has 0 spiro atoms. The zero-order chi connectivity index (χ0) is 23.7. The van der Waals surface area contributed by atoms with Crippen LogP contribution in [0.15, 0.2) is 36.7 Å². The van der Waals surface area contributed by atoms with Gasteiger partial charge in [0.15, 0.2) is 0 Å². The largest absolute Gasteiger partial charge is 0.398 e. The molecule has 2 atom stereocenters. The molecule has 2 aromatic heterocycles. The SMILES string of the molecule is CN(C)C(=O)c1c(N)ccc(-c2cnc(NCC3CCC(n4nccc4N)C3)cc2Cl)c1F. The highest BCUT2D eigenvalue weighted by Crippen LogP contribution is 2.36. The fraction of sp³-hybridized carbons (Fsp3) is 0.348. The summed E-state index contributed by atoms with van der Waals surface area (Å²) in [6, 6.07) is 6.78. The van der Waals surface area contributed by atoms with Gasteiger partial charge >= 0.3 is 0 Å². The lowest BCUT2D eigenvalue weighted by Crippen LogP contribution is -2.24. The molecule has 1 amide bonds. The highest BCUT2D eigenvalue weighted by Gasteiger charge is 2.27. The molecule has 2 unspecified atom stereocenters. The summed E-state index contributed by atoms with van der Waals surface area (Å²) >= 11 is 6.47. The van der Waals surface area contributed by atoms with E-state index in [-0.39, 0.29) is 16.8 Å². The molecule has 0 radical (unpaired) electrons. The maximum Gasteiger partial charge on any atom is 0.258 e. The number of carbonyl (C=O) groups excluding carboxylic acids is 1. The van der Waals surface area contributed by atoms with Crippen molar-refractivity contribution in [3.8, 4) is 11.1 Å². The van der Waals surface area contributed by atoms with Crippen molar-refractivity contribution in [2.24, 2.45) is 5.92 Å². The van der Waals surface area contributed by atoms with Crippen LogP contribution in [-0.2, 0) is 0 Å². The second-order valence-electron chi connectivity index (χ2n) is 8.55. The lowest BCUT2D eigenvalue weighted by Gasteiger charge is -2.16. The molecule has 3 aromatic rings. The molecular formula is C23H27ClFN7O. The third-order valence-electron chi connectivity index (χ3n) is 6.07. The summed E-state index contributed by atoms with van der Waals surface area (Å²) in [6.07, 6.45) is 6.28. The number of hydrogen-bond acceptors (Lipinski definition) is 6. The van der Waals surface area contributed by atoms with E-state index in [0.717, 1.165) is 25.8 Å². The van der Waals surface area contributed by atoms with Crippen LogP contribution in [0.3, 0.4) is 0 Å². The first kappa shape index (κ1) is 22.8. The van der Waals surface area contributed by atoms with Gasteiger partial charge in [-0.25, -0.2) is 14.1 Å². The number of pyridine rings is 1. The molecular weight excluding hydrogens is 445 g/mol. The van der Waals surface area contributed by atoms with E-state index in [4.69, 9.17) is 23.1 Å². The highest BCUT2D eigenvalue weighted by molar-refractivity contribution is 6.33. The summed E-state index contributed by atoms with van der Waals surface area (Å²) in [5.41, 5.74) is 12.3.